The molecule has 0 amide bonds. The van der Waals surface area contributed by atoms with Crippen LogP contribution in [0.4, 0.5) is 10.8 Å². The number of hydrogen-bond acceptors (Lipinski definition) is 5. The second-order valence-electron chi connectivity index (χ2n) is 4.26. The molecular weight excluding hydrogens is 250 g/mol. The van der Waals surface area contributed by atoms with Crippen molar-refractivity contribution in [3.05, 3.63) is 39.8 Å². The fourth-order valence-electron chi connectivity index (χ4n) is 1.63. The minimum Gasteiger partial charge on any atom is -0.359 e. The number of nitrogens with one attached hydrogen (secondary N) is 1. The lowest BCUT2D eigenvalue weighted by Gasteiger charge is -1.98. The number of nitrogens with zero attached hydrogens (tertiary/aromatic N) is 2. The number of thiazole rings is 1. The summed E-state index contributed by atoms with van der Waals surface area (Å²) in [4.78, 5) is 14.6. The van der Waals surface area contributed by atoms with Crippen LogP contribution in [-0.2, 0) is 0 Å². The molecule has 92 valence electrons. The van der Waals surface area contributed by atoms with Gasteiger partial charge in [0.2, 0.25) is 0 Å². The molecule has 1 N–H and O–H groups in total. The van der Waals surface area contributed by atoms with E-state index in [0.717, 1.165) is 16.4 Å². The quantitative estimate of drug-likeness (QED) is 0.677. The van der Waals surface area contributed by atoms with Gasteiger partial charge in [-0.05, 0) is 25.0 Å². The van der Waals surface area contributed by atoms with Gasteiger partial charge >= 0.3 is 0 Å². The molecule has 1 saturated carbocycles. The normalized spacial score (nSPS) is 14.4. The lowest BCUT2D eigenvalue weighted by molar-refractivity contribution is -0.384. The van der Waals surface area contributed by atoms with Crippen molar-refractivity contribution in [1.29, 1.82) is 0 Å². The number of non-ortho nitro benzene ring substituents is 1. The van der Waals surface area contributed by atoms with E-state index in [1.165, 1.54) is 25.0 Å². The van der Waals surface area contributed by atoms with Crippen LogP contribution in [0.1, 0.15) is 12.8 Å². The molecule has 0 bridgehead atoms. The Balaban J connectivity index is 1.80. The summed E-state index contributed by atoms with van der Waals surface area (Å²) in [6.45, 7) is 0. The van der Waals surface area contributed by atoms with Crippen LogP contribution in [0.2, 0.25) is 0 Å². The maximum absolute atomic E-state index is 10.6. The predicted molar refractivity (Wildman–Crippen MR) is 70.8 cm³/mol. The summed E-state index contributed by atoms with van der Waals surface area (Å²) in [6.07, 6.45) is 2.43. The highest BCUT2D eigenvalue weighted by atomic mass is 32.1. The first kappa shape index (κ1) is 11.2. The van der Waals surface area contributed by atoms with Gasteiger partial charge in [0, 0.05) is 29.1 Å². The van der Waals surface area contributed by atoms with E-state index in [2.05, 4.69) is 10.3 Å². The number of nitro benzene ring substituents is 1. The van der Waals surface area contributed by atoms with Gasteiger partial charge in [-0.1, -0.05) is 0 Å². The number of aromatic nitrogens is 1. The summed E-state index contributed by atoms with van der Waals surface area (Å²) >= 11 is 1.57. The third-order valence-electron chi connectivity index (χ3n) is 2.78. The zero-order chi connectivity index (χ0) is 12.5. The van der Waals surface area contributed by atoms with Crippen LogP contribution in [0.5, 0.6) is 0 Å². The Morgan fingerprint density at radius 1 is 1.33 bits per heavy atom. The molecule has 2 aromatic rings. The van der Waals surface area contributed by atoms with Gasteiger partial charge in [0.25, 0.3) is 5.69 Å². The second-order valence-corrected chi connectivity index (χ2v) is 5.12. The Kier molecular flexibility index (Phi) is 2.71. The SMILES string of the molecule is O=[N+]([O-])c1ccc(-c2csc(NC3CC3)n2)cc1. The summed E-state index contributed by atoms with van der Waals surface area (Å²) in [5, 5.41) is 16.8. The lowest BCUT2D eigenvalue weighted by atomic mass is 10.1. The maximum atomic E-state index is 10.6. The van der Waals surface area contributed by atoms with Crippen LogP contribution in [-0.4, -0.2) is 15.9 Å². The summed E-state index contributed by atoms with van der Waals surface area (Å²) in [7, 11) is 0. The standard InChI is InChI=1S/C12H11N3O2S/c16-15(17)10-5-1-8(2-6-10)11-7-18-12(14-11)13-9-3-4-9/h1-2,5-7,9H,3-4H2,(H,13,14). The van der Waals surface area contributed by atoms with E-state index < -0.39 is 4.92 Å². The largest absolute Gasteiger partial charge is 0.359 e. The summed E-state index contributed by atoms with van der Waals surface area (Å²) < 4.78 is 0. The third kappa shape index (κ3) is 2.33. The predicted octanol–water partition coefficient (Wildman–Crippen LogP) is 3.29. The average molecular weight is 261 g/mol. The van der Waals surface area contributed by atoms with Crippen LogP contribution in [0.3, 0.4) is 0 Å². The molecule has 1 aliphatic rings. The van der Waals surface area contributed by atoms with Crippen molar-refractivity contribution in [1.82, 2.24) is 4.98 Å². The minimum absolute atomic E-state index is 0.102. The number of nitro groups is 1. The van der Waals surface area contributed by atoms with Crippen LogP contribution in [0, 0.1) is 10.1 Å². The molecule has 6 heteroatoms. The first-order valence-electron chi connectivity index (χ1n) is 5.69. The van der Waals surface area contributed by atoms with Crippen molar-refractivity contribution >= 4 is 22.2 Å². The molecule has 1 aliphatic carbocycles. The first-order chi connectivity index (χ1) is 8.72. The highest BCUT2D eigenvalue weighted by Gasteiger charge is 2.22. The molecule has 1 aromatic heterocycles. The zero-order valence-electron chi connectivity index (χ0n) is 9.50. The van der Waals surface area contributed by atoms with Crippen molar-refractivity contribution < 1.29 is 4.92 Å². The molecule has 0 aliphatic heterocycles. The molecule has 5 nitrogen and oxygen atoms in total. The summed E-state index contributed by atoms with van der Waals surface area (Å²) in [6, 6.07) is 7.05. The van der Waals surface area contributed by atoms with Crippen molar-refractivity contribution in [2.45, 2.75) is 18.9 Å². The van der Waals surface area contributed by atoms with E-state index in [4.69, 9.17) is 0 Å². The molecule has 0 radical (unpaired) electrons. The third-order valence-corrected chi connectivity index (χ3v) is 3.56. The van der Waals surface area contributed by atoms with Crippen LogP contribution in [0.15, 0.2) is 29.6 Å². The Labute approximate surface area is 108 Å². The van der Waals surface area contributed by atoms with Crippen molar-refractivity contribution in [3.8, 4) is 11.3 Å². The topological polar surface area (TPSA) is 68.1 Å². The van der Waals surface area contributed by atoms with E-state index in [1.807, 2.05) is 5.38 Å². The van der Waals surface area contributed by atoms with Gasteiger partial charge in [0.05, 0.1) is 10.6 Å². The van der Waals surface area contributed by atoms with E-state index in [-0.39, 0.29) is 5.69 Å². The molecule has 0 unspecified atom stereocenters. The van der Waals surface area contributed by atoms with Gasteiger partial charge in [-0.25, -0.2) is 4.98 Å². The Morgan fingerprint density at radius 3 is 2.67 bits per heavy atom. The van der Waals surface area contributed by atoms with E-state index in [0.29, 0.717) is 6.04 Å². The monoisotopic (exact) mass is 261 g/mol. The molecule has 0 saturated heterocycles. The molecule has 1 fully saturated rings. The molecular formula is C12H11N3O2S. The lowest BCUT2D eigenvalue weighted by Crippen LogP contribution is -1.99. The number of benzene rings is 1. The molecule has 18 heavy (non-hydrogen) atoms. The minimum atomic E-state index is -0.398. The molecule has 1 heterocycles. The first-order valence-corrected chi connectivity index (χ1v) is 6.57. The second kappa shape index (κ2) is 4.38. The zero-order valence-corrected chi connectivity index (χ0v) is 10.3. The van der Waals surface area contributed by atoms with E-state index in [9.17, 15) is 10.1 Å². The average Bonchev–Trinajstić information content (AvgIpc) is 3.05. The molecule has 1 aromatic carbocycles. The highest BCUT2D eigenvalue weighted by molar-refractivity contribution is 7.14. The number of rotatable bonds is 4. The Hall–Kier alpha value is -1.95. The van der Waals surface area contributed by atoms with Gasteiger partial charge in [-0.15, -0.1) is 11.3 Å². The molecule has 0 spiro atoms. The van der Waals surface area contributed by atoms with Crippen LogP contribution < -0.4 is 5.32 Å². The Morgan fingerprint density at radius 2 is 2.06 bits per heavy atom. The Bertz CT molecular complexity index is 575. The van der Waals surface area contributed by atoms with Gasteiger partial charge in [-0.3, -0.25) is 10.1 Å². The van der Waals surface area contributed by atoms with Gasteiger partial charge in [0.15, 0.2) is 5.13 Å². The van der Waals surface area contributed by atoms with Crippen LogP contribution in [0.25, 0.3) is 11.3 Å². The molecule has 0 atom stereocenters. The summed E-state index contributed by atoms with van der Waals surface area (Å²) in [5.41, 5.74) is 1.86. The maximum Gasteiger partial charge on any atom is 0.269 e. The fourth-order valence-corrected chi connectivity index (χ4v) is 2.43. The molecule has 3 rings (SSSR count). The van der Waals surface area contributed by atoms with Crippen LogP contribution >= 0.6 is 11.3 Å². The van der Waals surface area contributed by atoms with E-state index >= 15 is 0 Å². The van der Waals surface area contributed by atoms with Gasteiger partial charge in [-0.2, -0.15) is 0 Å². The summed E-state index contributed by atoms with van der Waals surface area (Å²) in [5.74, 6) is 0. The number of hydrogen-bond donors (Lipinski definition) is 1. The smallest absolute Gasteiger partial charge is 0.269 e. The van der Waals surface area contributed by atoms with Crippen molar-refractivity contribution in [3.63, 3.8) is 0 Å². The highest BCUT2D eigenvalue weighted by Crippen LogP contribution is 2.30. The van der Waals surface area contributed by atoms with Crippen molar-refractivity contribution in [2.75, 3.05) is 5.32 Å². The fraction of sp³-hybridized carbons (Fsp3) is 0.250. The van der Waals surface area contributed by atoms with E-state index in [1.54, 1.807) is 23.5 Å². The van der Waals surface area contributed by atoms with Gasteiger partial charge < -0.3 is 5.32 Å². The number of anilines is 1. The van der Waals surface area contributed by atoms with Crippen molar-refractivity contribution in [2.24, 2.45) is 0 Å². The van der Waals surface area contributed by atoms with Gasteiger partial charge in [0.1, 0.15) is 0 Å².